The lowest BCUT2D eigenvalue weighted by Gasteiger charge is -2.08. The van der Waals surface area contributed by atoms with Crippen molar-refractivity contribution in [1.82, 2.24) is 9.97 Å². The maximum Gasteiger partial charge on any atom is 0.151 e. The Morgan fingerprint density at radius 2 is 2.00 bits per heavy atom. The summed E-state index contributed by atoms with van der Waals surface area (Å²) < 4.78 is 22.5. The number of nitrogens with zero attached hydrogens (tertiary/aromatic N) is 2. The van der Waals surface area contributed by atoms with Crippen molar-refractivity contribution in [2.24, 2.45) is 5.84 Å². The number of nitrogen functional groups attached to an aromatic ring is 1. The lowest BCUT2D eigenvalue weighted by molar-refractivity contribution is 0.597. The molecule has 0 amide bonds. The third kappa shape index (κ3) is 4.53. The Hall–Kier alpha value is -1.41. The van der Waals surface area contributed by atoms with E-state index in [2.05, 4.69) is 20.7 Å². The van der Waals surface area contributed by atoms with Crippen LogP contribution in [-0.4, -0.2) is 36.4 Å². The highest BCUT2D eigenvalue weighted by Crippen LogP contribution is 2.09. The van der Waals surface area contributed by atoms with E-state index in [9.17, 15) is 8.42 Å². The zero-order chi connectivity index (χ0) is 12.9. The van der Waals surface area contributed by atoms with Crippen LogP contribution in [0.3, 0.4) is 0 Å². The molecule has 0 saturated carbocycles. The van der Waals surface area contributed by atoms with E-state index >= 15 is 0 Å². The van der Waals surface area contributed by atoms with Gasteiger partial charge in [0.25, 0.3) is 0 Å². The molecule has 0 aliphatic heterocycles. The van der Waals surface area contributed by atoms with E-state index < -0.39 is 9.84 Å². The van der Waals surface area contributed by atoms with Crippen molar-refractivity contribution >= 4 is 21.5 Å². The number of rotatable bonds is 6. The molecule has 0 spiro atoms. The standard InChI is InChI=1S/C9H17N5O2S/c1-3-17(15,16)5-4-11-8-6-9(14-10)13-7(2)12-8/h6H,3-5,10H2,1-2H3,(H2,11,12,13,14). The monoisotopic (exact) mass is 259 g/mol. The molecular formula is C9H17N5O2S. The second-order valence-electron chi connectivity index (χ2n) is 3.49. The van der Waals surface area contributed by atoms with Crippen molar-refractivity contribution in [2.75, 3.05) is 28.8 Å². The van der Waals surface area contributed by atoms with Crippen molar-refractivity contribution in [1.29, 1.82) is 0 Å². The van der Waals surface area contributed by atoms with Gasteiger partial charge in [-0.3, -0.25) is 0 Å². The maximum atomic E-state index is 11.3. The molecule has 0 fully saturated rings. The largest absolute Gasteiger partial charge is 0.369 e. The number of sulfone groups is 1. The van der Waals surface area contributed by atoms with E-state index in [1.54, 1.807) is 19.9 Å². The lowest BCUT2D eigenvalue weighted by atomic mass is 10.5. The van der Waals surface area contributed by atoms with E-state index in [4.69, 9.17) is 5.84 Å². The third-order valence-corrected chi connectivity index (χ3v) is 3.85. The van der Waals surface area contributed by atoms with E-state index in [1.807, 2.05) is 0 Å². The second-order valence-corrected chi connectivity index (χ2v) is 5.97. The van der Waals surface area contributed by atoms with E-state index in [1.165, 1.54) is 0 Å². The summed E-state index contributed by atoms with van der Waals surface area (Å²) in [6.07, 6.45) is 0. The van der Waals surface area contributed by atoms with Crippen LogP contribution in [0, 0.1) is 6.92 Å². The summed E-state index contributed by atoms with van der Waals surface area (Å²) in [5.74, 6) is 7.06. The minimum Gasteiger partial charge on any atom is -0.369 e. The van der Waals surface area contributed by atoms with Crippen LogP contribution in [0.1, 0.15) is 12.7 Å². The number of nitrogens with two attached hydrogens (primary N) is 1. The summed E-state index contributed by atoms with van der Waals surface area (Å²) >= 11 is 0. The number of hydrazine groups is 1. The molecule has 0 saturated heterocycles. The smallest absolute Gasteiger partial charge is 0.151 e. The van der Waals surface area contributed by atoms with Crippen LogP contribution in [0.15, 0.2) is 6.07 Å². The topological polar surface area (TPSA) is 110 Å². The van der Waals surface area contributed by atoms with E-state index in [0.29, 0.717) is 24.0 Å². The Labute approximate surface area is 101 Å². The van der Waals surface area contributed by atoms with E-state index in [0.717, 1.165) is 0 Å². The molecule has 1 aromatic rings. The first-order valence-electron chi connectivity index (χ1n) is 5.23. The molecule has 7 nitrogen and oxygen atoms in total. The summed E-state index contributed by atoms with van der Waals surface area (Å²) in [6, 6.07) is 1.62. The molecule has 0 bridgehead atoms. The Morgan fingerprint density at radius 1 is 1.35 bits per heavy atom. The number of nitrogens with one attached hydrogen (secondary N) is 2. The van der Waals surface area contributed by atoms with Crippen molar-refractivity contribution < 1.29 is 8.42 Å². The predicted molar refractivity (Wildman–Crippen MR) is 67.4 cm³/mol. The lowest BCUT2D eigenvalue weighted by Crippen LogP contribution is -2.18. The summed E-state index contributed by atoms with van der Waals surface area (Å²) in [7, 11) is -2.96. The Bertz CT molecular complexity index is 474. The molecule has 17 heavy (non-hydrogen) atoms. The van der Waals surface area contributed by atoms with Gasteiger partial charge in [-0.25, -0.2) is 24.2 Å². The zero-order valence-corrected chi connectivity index (χ0v) is 10.7. The van der Waals surface area contributed by atoms with Gasteiger partial charge in [0.05, 0.1) is 5.75 Å². The average molecular weight is 259 g/mol. The van der Waals surface area contributed by atoms with Crippen molar-refractivity contribution in [3.63, 3.8) is 0 Å². The average Bonchev–Trinajstić information content (AvgIpc) is 2.28. The van der Waals surface area contributed by atoms with Gasteiger partial charge in [0.1, 0.15) is 17.5 Å². The fraction of sp³-hybridized carbons (Fsp3) is 0.556. The summed E-state index contributed by atoms with van der Waals surface area (Å²) in [6.45, 7) is 3.67. The highest BCUT2D eigenvalue weighted by Gasteiger charge is 2.07. The summed E-state index contributed by atoms with van der Waals surface area (Å²) in [5.41, 5.74) is 2.42. The number of aryl methyl sites for hydroxylation is 1. The van der Waals surface area contributed by atoms with Crippen LogP contribution in [0.5, 0.6) is 0 Å². The predicted octanol–water partition coefficient (Wildman–Crippen LogP) is -0.0828. The van der Waals surface area contributed by atoms with Gasteiger partial charge in [-0.2, -0.15) is 0 Å². The van der Waals surface area contributed by atoms with Gasteiger partial charge in [0.2, 0.25) is 0 Å². The highest BCUT2D eigenvalue weighted by molar-refractivity contribution is 7.91. The normalized spacial score (nSPS) is 11.2. The van der Waals surface area contributed by atoms with Gasteiger partial charge in [0, 0.05) is 18.4 Å². The third-order valence-electron chi connectivity index (χ3n) is 2.14. The molecule has 0 aliphatic carbocycles. The van der Waals surface area contributed by atoms with Crippen LogP contribution >= 0.6 is 0 Å². The summed E-state index contributed by atoms with van der Waals surface area (Å²) in [4.78, 5) is 8.13. The molecule has 0 radical (unpaired) electrons. The van der Waals surface area contributed by atoms with Crippen molar-refractivity contribution in [3.8, 4) is 0 Å². The van der Waals surface area contributed by atoms with Crippen LogP contribution in [-0.2, 0) is 9.84 Å². The molecule has 1 aromatic heterocycles. The first-order valence-corrected chi connectivity index (χ1v) is 7.05. The van der Waals surface area contributed by atoms with Gasteiger partial charge in [-0.1, -0.05) is 6.92 Å². The van der Waals surface area contributed by atoms with Crippen LogP contribution in [0.25, 0.3) is 0 Å². The molecule has 4 N–H and O–H groups in total. The van der Waals surface area contributed by atoms with Crippen LogP contribution in [0.4, 0.5) is 11.6 Å². The molecule has 0 aromatic carbocycles. The fourth-order valence-electron chi connectivity index (χ4n) is 1.21. The fourth-order valence-corrected chi connectivity index (χ4v) is 1.91. The molecular weight excluding hydrogens is 242 g/mol. The molecule has 0 atom stereocenters. The van der Waals surface area contributed by atoms with Gasteiger partial charge in [-0.15, -0.1) is 0 Å². The zero-order valence-electron chi connectivity index (χ0n) is 9.90. The molecule has 0 unspecified atom stereocenters. The van der Waals surface area contributed by atoms with Crippen LogP contribution < -0.4 is 16.6 Å². The van der Waals surface area contributed by atoms with Crippen LogP contribution in [0.2, 0.25) is 0 Å². The quantitative estimate of drug-likeness (QED) is 0.484. The Balaban J connectivity index is 2.61. The number of hydrogen-bond acceptors (Lipinski definition) is 7. The van der Waals surface area contributed by atoms with Gasteiger partial charge in [-0.05, 0) is 6.92 Å². The van der Waals surface area contributed by atoms with Gasteiger partial charge in [0.15, 0.2) is 9.84 Å². The molecule has 1 heterocycles. The number of hydrogen-bond donors (Lipinski definition) is 3. The maximum absolute atomic E-state index is 11.3. The number of anilines is 2. The van der Waals surface area contributed by atoms with Crippen molar-refractivity contribution in [2.45, 2.75) is 13.8 Å². The number of aromatic nitrogens is 2. The second kappa shape index (κ2) is 5.78. The van der Waals surface area contributed by atoms with Gasteiger partial charge < -0.3 is 10.7 Å². The first kappa shape index (κ1) is 13.7. The Morgan fingerprint density at radius 3 is 2.59 bits per heavy atom. The Kier molecular flexibility index (Phi) is 4.64. The first-order chi connectivity index (χ1) is 7.96. The van der Waals surface area contributed by atoms with E-state index in [-0.39, 0.29) is 11.5 Å². The summed E-state index contributed by atoms with van der Waals surface area (Å²) in [5, 5.41) is 2.92. The SMILES string of the molecule is CCS(=O)(=O)CCNc1cc(NN)nc(C)n1. The minimum absolute atomic E-state index is 0.0813. The highest BCUT2D eigenvalue weighted by atomic mass is 32.2. The minimum atomic E-state index is -2.96. The van der Waals surface area contributed by atoms with Gasteiger partial charge >= 0.3 is 0 Å². The molecule has 0 aliphatic rings. The molecule has 1 rings (SSSR count). The molecule has 96 valence electrons. The molecule has 8 heteroatoms. The van der Waals surface area contributed by atoms with Crippen molar-refractivity contribution in [3.05, 3.63) is 11.9 Å².